The molecule has 3 aromatic rings. The van der Waals surface area contributed by atoms with E-state index in [2.05, 4.69) is 9.55 Å². The number of carbonyl (C=O) groups is 1. The molecule has 4 rings (SSSR count). The number of carbonyl (C=O) groups excluding carboxylic acids is 1. The Hall–Kier alpha value is -3.13. The molecule has 0 radical (unpaired) electrons. The summed E-state index contributed by atoms with van der Waals surface area (Å²) in [7, 11) is 4.92. The number of hydrogen-bond acceptors (Lipinski definition) is 6. The summed E-state index contributed by atoms with van der Waals surface area (Å²) >= 11 is 1.63. The van der Waals surface area contributed by atoms with Gasteiger partial charge >= 0.3 is 0 Å². The Morgan fingerprint density at radius 1 is 1.03 bits per heavy atom. The molecule has 1 amide bonds. The van der Waals surface area contributed by atoms with Gasteiger partial charge in [0.2, 0.25) is 0 Å². The van der Waals surface area contributed by atoms with Gasteiger partial charge in [0.05, 0.1) is 26.9 Å². The first-order valence-corrected chi connectivity index (χ1v) is 12.5. The second-order valence-electron chi connectivity index (χ2n) is 8.27. The molecule has 0 spiro atoms. The Morgan fingerprint density at radius 2 is 1.74 bits per heavy atom. The average molecular weight is 482 g/mol. The van der Waals surface area contributed by atoms with E-state index in [1.807, 2.05) is 59.9 Å². The van der Waals surface area contributed by atoms with Crippen molar-refractivity contribution >= 4 is 17.7 Å². The van der Waals surface area contributed by atoms with Gasteiger partial charge in [-0.1, -0.05) is 0 Å². The summed E-state index contributed by atoms with van der Waals surface area (Å²) in [5.41, 5.74) is 1.70. The molecule has 1 aromatic heterocycles. The van der Waals surface area contributed by atoms with Crippen molar-refractivity contribution in [3.05, 3.63) is 65.7 Å². The Morgan fingerprint density at radius 3 is 2.35 bits per heavy atom. The van der Waals surface area contributed by atoms with Gasteiger partial charge in [-0.3, -0.25) is 4.79 Å². The van der Waals surface area contributed by atoms with Gasteiger partial charge in [-0.15, -0.1) is 11.8 Å². The zero-order valence-electron chi connectivity index (χ0n) is 20.1. The maximum atomic E-state index is 13.2. The fraction of sp³-hybridized carbons (Fsp3) is 0.385. The summed E-state index contributed by atoms with van der Waals surface area (Å²) in [6.07, 6.45) is 7.61. The first kappa shape index (κ1) is 24.0. The number of rotatable bonds is 8. The monoisotopic (exact) mass is 481 g/mol. The first-order valence-electron chi connectivity index (χ1n) is 11.3. The number of thioether (sulfide) groups is 1. The van der Waals surface area contributed by atoms with Gasteiger partial charge in [-0.05, 0) is 55.0 Å². The number of methoxy groups -OCH3 is 3. The van der Waals surface area contributed by atoms with Crippen molar-refractivity contribution in [3.8, 4) is 17.2 Å². The van der Waals surface area contributed by atoms with E-state index < -0.39 is 0 Å². The van der Waals surface area contributed by atoms with Crippen LogP contribution in [0.4, 0.5) is 0 Å². The Bertz CT molecular complexity index is 1120. The van der Waals surface area contributed by atoms with E-state index >= 15 is 0 Å². The molecular formula is C26H31N3O4S. The smallest absolute Gasteiger partial charge is 0.257 e. The van der Waals surface area contributed by atoms with Crippen molar-refractivity contribution in [3.63, 3.8) is 0 Å². The Kier molecular flexibility index (Phi) is 7.67. The third-order valence-electron chi connectivity index (χ3n) is 6.30. The molecular weight excluding hydrogens is 450 g/mol. The van der Waals surface area contributed by atoms with Gasteiger partial charge in [0.25, 0.3) is 5.91 Å². The Labute approximate surface area is 205 Å². The topological polar surface area (TPSA) is 65.8 Å². The van der Waals surface area contributed by atoms with Crippen LogP contribution < -0.4 is 14.2 Å². The van der Waals surface area contributed by atoms with Crippen LogP contribution in [0.1, 0.15) is 40.5 Å². The molecule has 0 N–H and O–H groups in total. The van der Waals surface area contributed by atoms with Crippen LogP contribution >= 0.6 is 11.8 Å². The van der Waals surface area contributed by atoms with Crippen LogP contribution in [-0.4, -0.2) is 61.0 Å². The van der Waals surface area contributed by atoms with Crippen LogP contribution in [0, 0.1) is 0 Å². The standard InChI is InChI=1S/C26H31N3O4S/c1-31-20-13-18(14-21(15-20)32-2)17-29-12-9-27-25(29)19-7-10-28(11-8-19)26(30)23-6-5-22(34-4)16-24(23)33-3/h5-6,9,12-16,19H,7-8,10-11,17H2,1-4H3. The molecule has 0 aliphatic carbocycles. The minimum Gasteiger partial charge on any atom is -0.497 e. The lowest BCUT2D eigenvalue weighted by molar-refractivity contribution is 0.0707. The number of likely N-dealkylation sites (tertiary alicyclic amines) is 1. The second-order valence-corrected chi connectivity index (χ2v) is 9.15. The molecule has 8 heteroatoms. The molecule has 7 nitrogen and oxygen atoms in total. The van der Waals surface area contributed by atoms with Crippen LogP contribution in [0.15, 0.2) is 53.7 Å². The number of amides is 1. The molecule has 0 saturated carbocycles. The lowest BCUT2D eigenvalue weighted by Gasteiger charge is -2.32. The van der Waals surface area contributed by atoms with Crippen molar-refractivity contribution < 1.29 is 19.0 Å². The third-order valence-corrected chi connectivity index (χ3v) is 7.02. The molecule has 0 atom stereocenters. The average Bonchev–Trinajstić information content (AvgIpc) is 3.35. The summed E-state index contributed by atoms with van der Waals surface area (Å²) in [4.78, 5) is 20.9. The largest absolute Gasteiger partial charge is 0.497 e. The maximum Gasteiger partial charge on any atom is 0.257 e. The van der Waals surface area contributed by atoms with Crippen LogP contribution in [0.2, 0.25) is 0 Å². The lowest BCUT2D eigenvalue weighted by atomic mass is 9.95. The third kappa shape index (κ3) is 5.17. The van der Waals surface area contributed by atoms with Crippen molar-refractivity contribution in [1.29, 1.82) is 0 Å². The van der Waals surface area contributed by atoms with E-state index in [-0.39, 0.29) is 5.91 Å². The fourth-order valence-corrected chi connectivity index (χ4v) is 4.88. The van der Waals surface area contributed by atoms with Gasteiger partial charge in [-0.25, -0.2) is 4.98 Å². The molecule has 180 valence electrons. The molecule has 1 aliphatic heterocycles. The highest BCUT2D eigenvalue weighted by atomic mass is 32.2. The fourth-order valence-electron chi connectivity index (χ4n) is 4.45. The predicted octanol–water partition coefficient (Wildman–Crippen LogP) is 4.70. The summed E-state index contributed by atoms with van der Waals surface area (Å²) in [5, 5.41) is 0. The molecule has 1 fully saturated rings. The molecule has 2 heterocycles. The highest BCUT2D eigenvalue weighted by molar-refractivity contribution is 7.98. The molecule has 0 bridgehead atoms. The zero-order valence-corrected chi connectivity index (χ0v) is 20.9. The van der Waals surface area contributed by atoms with Crippen LogP contribution in [0.5, 0.6) is 17.2 Å². The predicted molar refractivity (Wildman–Crippen MR) is 134 cm³/mol. The summed E-state index contributed by atoms with van der Waals surface area (Å²) in [6.45, 7) is 2.06. The maximum absolute atomic E-state index is 13.2. The number of hydrogen-bond donors (Lipinski definition) is 0. The number of benzene rings is 2. The van der Waals surface area contributed by atoms with Crippen LogP contribution in [0.3, 0.4) is 0 Å². The van der Waals surface area contributed by atoms with Crippen molar-refractivity contribution in [2.24, 2.45) is 0 Å². The van der Waals surface area contributed by atoms with Gasteiger partial charge in [0.1, 0.15) is 23.1 Å². The van der Waals surface area contributed by atoms with Gasteiger partial charge in [-0.2, -0.15) is 0 Å². The highest BCUT2D eigenvalue weighted by Gasteiger charge is 2.28. The summed E-state index contributed by atoms with van der Waals surface area (Å²) in [6, 6.07) is 11.7. The minimum absolute atomic E-state index is 0.0229. The summed E-state index contributed by atoms with van der Waals surface area (Å²) in [5.74, 6) is 3.54. The molecule has 2 aromatic carbocycles. The normalized spacial score (nSPS) is 14.2. The molecule has 34 heavy (non-hydrogen) atoms. The van der Waals surface area contributed by atoms with Crippen molar-refractivity contribution in [2.45, 2.75) is 30.2 Å². The van der Waals surface area contributed by atoms with Crippen molar-refractivity contribution in [2.75, 3.05) is 40.7 Å². The number of piperidine rings is 1. The van der Waals surface area contributed by atoms with Gasteiger partial charge in [0, 0.05) is 48.9 Å². The summed E-state index contributed by atoms with van der Waals surface area (Å²) < 4.78 is 18.5. The number of imidazole rings is 1. The van der Waals surface area contributed by atoms with E-state index in [0.29, 0.717) is 36.9 Å². The highest BCUT2D eigenvalue weighted by Crippen LogP contribution is 2.31. The minimum atomic E-state index is 0.0229. The zero-order chi connectivity index (χ0) is 24.1. The molecule has 0 unspecified atom stereocenters. The van der Waals surface area contributed by atoms with E-state index in [1.165, 1.54) is 0 Å². The number of aromatic nitrogens is 2. The lowest BCUT2D eigenvalue weighted by Crippen LogP contribution is -2.38. The van der Waals surface area contributed by atoms with E-state index in [9.17, 15) is 4.79 Å². The molecule has 1 aliphatic rings. The first-order chi connectivity index (χ1) is 16.6. The second kappa shape index (κ2) is 10.9. The molecule has 1 saturated heterocycles. The number of nitrogens with zero attached hydrogens (tertiary/aromatic N) is 3. The quantitative estimate of drug-likeness (QED) is 0.435. The number of ether oxygens (including phenoxy) is 3. The van der Waals surface area contributed by atoms with E-state index in [4.69, 9.17) is 14.2 Å². The Balaban J connectivity index is 1.44. The van der Waals surface area contributed by atoms with Gasteiger partial charge < -0.3 is 23.7 Å². The van der Waals surface area contributed by atoms with Crippen LogP contribution in [-0.2, 0) is 6.54 Å². The van der Waals surface area contributed by atoms with Crippen molar-refractivity contribution in [1.82, 2.24) is 14.5 Å². The van der Waals surface area contributed by atoms with E-state index in [1.54, 1.807) is 33.1 Å². The van der Waals surface area contributed by atoms with Crippen LogP contribution in [0.25, 0.3) is 0 Å². The SMILES string of the molecule is COc1cc(Cn2ccnc2C2CCN(C(=O)c3ccc(SC)cc3OC)CC2)cc(OC)c1. The van der Waals surface area contributed by atoms with E-state index in [0.717, 1.165) is 40.6 Å². The van der Waals surface area contributed by atoms with Gasteiger partial charge in [0.15, 0.2) is 0 Å².